The minimum absolute atomic E-state index is 0.0614. The van der Waals surface area contributed by atoms with E-state index in [1.807, 2.05) is 0 Å². The summed E-state index contributed by atoms with van der Waals surface area (Å²) in [4.78, 5) is 23.2. The van der Waals surface area contributed by atoms with Crippen LogP contribution in [0.1, 0.15) is 60.3 Å². The highest BCUT2D eigenvalue weighted by atomic mass is 32.2. The number of sulfone groups is 1. The number of rotatable bonds is 10. The summed E-state index contributed by atoms with van der Waals surface area (Å²) < 4.78 is 60.5. The van der Waals surface area contributed by atoms with Crippen LogP contribution in [-0.4, -0.2) is 51.5 Å². The highest BCUT2D eigenvalue weighted by Crippen LogP contribution is 2.17. The molecule has 0 aliphatic carbocycles. The van der Waals surface area contributed by atoms with Crippen LogP contribution < -0.4 is 0 Å². The predicted molar refractivity (Wildman–Crippen MR) is 94.2 cm³/mol. The molecule has 9 nitrogen and oxygen atoms in total. The summed E-state index contributed by atoms with van der Waals surface area (Å²) in [5, 5.41) is 0. The lowest BCUT2D eigenvalue weighted by Gasteiger charge is -2.22. The predicted octanol–water partition coefficient (Wildman–Crippen LogP) is 1.51. The molecule has 0 aliphatic heterocycles. The van der Waals surface area contributed by atoms with Crippen molar-refractivity contribution in [3.05, 3.63) is 0 Å². The van der Waals surface area contributed by atoms with E-state index >= 15 is 0 Å². The van der Waals surface area contributed by atoms with Crippen LogP contribution >= 0.6 is 0 Å². The van der Waals surface area contributed by atoms with Crippen molar-refractivity contribution in [3.8, 4) is 0 Å². The second-order valence-electron chi connectivity index (χ2n) is 6.84. The van der Waals surface area contributed by atoms with E-state index in [1.54, 1.807) is 20.8 Å². The molecule has 0 aromatic carbocycles. The lowest BCUT2D eigenvalue weighted by molar-refractivity contribution is -0.147. The lowest BCUT2D eigenvalue weighted by atomic mass is 10.2. The first-order valence-corrected chi connectivity index (χ1v) is 11.5. The molecule has 0 aliphatic rings. The molecule has 0 fully saturated rings. The maximum atomic E-state index is 11.9. The third-order valence-electron chi connectivity index (χ3n) is 2.98. The molecule has 26 heavy (non-hydrogen) atoms. The Morgan fingerprint density at radius 1 is 0.846 bits per heavy atom. The number of ether oxygens (including phenoxy) is 2. The van der Waals surface area contributed by atoms with Gasteiger partial charge in [-0.1, -0.05) is 0 Å². The van der Waals surface area contributed by atoms with Gasteiger partial charge in [0, 0.05) is 19.1 Å². The van der Waals surface area contributed by atoms with Crippen molar-refractivity contribution in [3.63, 3.8) is 0 Å². The van der Waals surface area contributed by atoms with Gasteiger partial charge in [0.1, 0.15) is 0 Å². The van der Waals surface area contributed by atoms with Crippen LogP contribution in [0.25, 0.3) is 0 Å². The lowest BCUT2D eigenvalue weighted by Crippen LogP contribution is -2.32. The number of hydrogen-bond acceptors (Lipinski definition) is 9. The van der Waals surface area contributed by atoms with Crippen molar-refractivity contribution >= 4 is 31.9 Å². The SMILES string of the molecule is CC(OC(=O)CCCCC(=O)OC(C)S(=O)(=O)OC(C)(C)C)S(C)(=O)=O. The Kier molecular flexibility index (Phi) is 9.21. The molecule has 0 bridgehead atoms. The number of hydrogen-bond donors (Lipinski definition) is 0. The van der Waals surface area contributed by atoms with Crippen molar-refractivity contribution in [1.82, 2.24) is 0 Å². The summed E-state index contributed by atoms with van der Waals surface area (Å²) >= 11 is 0. The first-order valence-electron chi connectivity index (χ1n) is 8.07. The molecule has 11 heteroatoms. The van der Waals surface area contributed by atoms with E-state index in [2.05, 4.69) is 0 Å². The Morgan fingerprint density at radius 3 is 1.58 bits per heavy atom. The quantitative estimate of drug-likeness (QED) is 0.295. The Morgan fingerprint density at radius 2 is 1.23 bits per heavy atom. The van der Waals surface area contributed by atoms with E-state index in [1.165, 1.54) is 13.8 Å². The molecule has 0 saturated heterocycles. The molecule has 0 radical (unpaired) electrons. The standard InChI is InChI=1S/C15H28O9S2/c1-11(25(6,18)19)22-13(16)9-7-8-10-14(17)23-12(2)26(20,21)24-15(3,4)5/h11-12H,7-10H2,1-6H3. The van der Waals surface area contributed by atoms with Crippen LogP contribution in [0.15, 0.2) is 0 Å². The van der Waals surface area contributed by atoms with Gasteiger partial charge in [-0.2, -0.15) is 8.42 Å². The van der Waals surface area contributed by atoms with Gasteiger partial charge in [-0.05, 0) is 47.5 Å². The summed E-state index contributed by atoms with van der Waals surface area (Å²) in [6.45, 7) is 7.13. The highest BCUT2D eigenvalue weighted by molar-refractivity contribution is 7.91. The van der Waals surface area contributed by atoms with Gasteiger partial charge in [-0.25, -0.2) is 8.42 Å². The summed E-state index contributed by atoms with van der Waals surface area (Å²) in [6, 6.07) is 0. The maximum absolute atomic E-state index is 11.9. The van der Waals surface area contributed by atoms with Gasteiger partial charge in [-0.3, -0.25) is 13.8 Å². The fraction of sp³-hybridized carbons (Fsp3) is 0.867. The second kappa shape index (κ2) is 9.65. The summed E-state index contributed by atoms with van der Waals surface area (Å²) in [5.41, 5.74) is -3.62. The molecule has 0 aromatic heterocycles. The number of unbranched alkanes of at least 4 members (excludes halogenated alkanes) is 1. The van der Waals surface area contributed by atoms with Gasteiger partial charge in [0.25, 0.3) is 0 Å². The van der Waals surface area contributed by atoms with Crippen molar-refractivity contribution in [2.24, 2.45) is 0 Å². The van der Waals surface area contributed by atoms with E-state index in [0.717, 1.165) is 6.26 Å². The van der Waals surface area contributed by atoms with Crippen LogP contribution in [0.5, 0.6) is 0 Å². The molecule has 2 unspecified atom stereocenters. The van der Waals surface area contributed by atoms with Gasteiger partial charge >= 0.3 is 22.1 Å². The van der Waals surface area contributed by atoms with Crippen LogP contribution in [0, 0.1) is 0 Å². The molecule has 0 spiro atoms. The smallest absolute Gasteiger partial charge is 0.307 e. The third-order valence-corrected chi connectivity index (χ3v) is 5.93. The van der Waals surface area contributed by atoms with Crippen LogP contribution in [0.2, 0.25) is 0 Å². The van der Waals surface area contributed by atoms with Crippen molar-refractivity contribution in [2.45, 2.75) is 76.8 Å². The zero-order chi connectivity index (χ0) is 20.8. The third kappa shape index (κ3) is 10.7. The average Bonchev–Trinajstić information content (AvgIpc) is 2.39. The number of carbonyl (C=O) groups excluding carboxylic acids is 2. The summed E-state index contributed by atoms with van der Waals surface area (Å²) in [5.74, 6) is -1.43. The minimum atomic E-state index is -4.06. The fourth-order valence-electron chi connectivity index (χ4n) is 1.59. The largest absolute Gasteiger partial charge is 0.446 e. The van der Waals surface area contributed by atoms with Gasteiger partial charge in [-0.15, -0.1) is 0 Å². The van der Waals surface area contributed by atoms with Gasteiger partial charge in [0.15, 0.2) is 15.3 Å². The molecule has 0 amide bonds. The zero-order valence-electron chi connectivity index (χ0n) is 16.0. The van der Waals surface area contributed by atoms with E-state index in [9.17, 15) is 26.4 Å². The van der Waals surface area contributed by atoms with Gasteiger partial charge < -0.3 is 9.47 Å². The molecule has 0 aromatic rings. The Hall–Kier alpha value is -1.20. The normalized spacial score (nSPS) is 15.2. The Bertz CT molecular complexity index is 687. The van der Waals surface area contributed by atoms with Crippen molar-refractivity contribution < 1.29 is 40.1 Å². The molecule has 0 rings (SSSR count). The number of carbonyl (C=O) groups is 2. The topological polar surface area (TPSA) is 130 Å². The molecule has 0 saturated carbocycles. The molecule has 0 N–H and O–H groups in total. The van der Waals surface area contributed by atoms with E-state index in [0.29, 0.717) is 0 Å². The number of esters is 2. The van der Waals surface area contributed by atoms with E-state index in [-0.39, 0.29) is 25.7 Å². The van der Waals surface area contributed by atoms with Crippen molar-refractivity contribution in [1.29, 1.82) is 0 Å². The van der Waals surface area contributed by atoms with Crippen LogP contribution in [0.3, 0.4) is 0 Å². The molecular formula is C15H28O9S2. The molecule has 0 heterocycles. The van der Waals surface area contributed by atoms with E-state index < -0.39 is 48.4 Å². The van der Waals surface area contributed by atoms with Crippen LogP contribution in [-0.2, 0) is 43.2 Å². The maximum Gasteiger partial charge on any atom is 0.307 e. The van der Waals surface area contributed by atoms with Crippen molar-refractivity contribution in [2.75, 3.05) is 6.26 Å². The first kappa shape index (κ1) is 24.8. The highest BCUT2D eigenvalue weighted by Gasteiger charge is 2.30. The summed E-state index contributed by atoms with van der Waals surface area (Å²) in [6.07, 6.45) is 1.33. The van der Waals surface area contributed by atoms with E-state index in [4.69, 9.17) is 13.7 Å². The first-order chi connectivity index (χ1) is 11.5. The summed E-state index contributed by atoms with van der Waals surface area (Å²) in [7, 11) is -7.53. The molecular weight excluding hydrogens is 388 g/mol. The monoisotopic (exact) mass is 416 g/mol. The zero-order valence-corrected chi connectivity index (χ0v) is 17.6. The molecule has 2 atom stereocenters. The average molecular weight is 417 g/mol. The second-order valence-corrected chi connectivity index (χ2v) is 11.0. The van der Waals surface area contributed by atoms with Crippen LogP contribution in [0.4, 0.5) is 0 Å². The Balaban J connectivity index is 4.23. The Labute approximate surface area is 155 Å². The molecule has 154 valence electrons. The minimum Gasteiger partial charge on any atom is -0.446 e. The van der Waals surface area contributed by atoms with Gasteiger partial charge in [0.05, 0.1) is 5.60 Å². The van der Waals surface area contributed by atoms with Gasteiger partial charge in [0.2, 0.25) is 5.44 Å². The fourth-order valence-corrected chi connectivity index (χ4v) is 2.93.